The average molecular weight is 264 g/mol. The Kier molecular flexibility index (Phi) is 7.98. The number of hydrogen-bond acceptors (Lipinski definition) is 4. The van der Waals surface area contributed by atoms with Crippen molar-refractivity contribution in [2.24, 2.45) is 0 Å². The lowest BCUT2D eigenvalue weighted by molar-refractivity contribution is 0.303. The summed E-state index contributed by atoms with van der Waals surface area (Å²) >= 11 is 0. The zero-order valence-electron chi connectivity index (χ0n) is 12.6. The van der Waals surface area contributed by atoms with Crippen molar-refractivity contribution in [2.75, 3.05) is 43.4 Å². The standard InChI is InChI=1S/C15H28N4/c1-4-8-17-14-11-15(13-16-12-14)18-9-7-10-19(5-2)6-3/h11-13,17-18H,4-10H2,1-3H3. The van der Waals surface area contributed by atoms with Crippen LogP contribution in [0.2, 0.25) is 0 Å². The number of anilines is 2. The lowest BCUT2D eigenvalue weighted by atomic mass is 10.3. The second kappa shape index (κ2) is 9.62. The van der Waals surface area contributed by atoms with Crippen molar-refractivity contribution >= 4 is 11.4 Å². The highest BCUT2D eigenvalue weighted by Crippen LogP contribution is 2.12. The molecule has 4 nitrogen and oxygen atoms in total. The summed E-state index contributed by atoms with van der Waals surface area (Å²) in [5, 5.41) is 6.79. The molecule has 0 radical (unpaired) electrons. The van der Waals surface area contributed by atoms with Crippen molar-refractivity contribution in [1.29, 1.82) is 0 Å². The van der Waals surface area contributed by atoms with Gasteiger partial charge in [-0.2, -0.15) is 0 Å². The maximum Gasteiger partial charge on any atom is 0.0547 e. The van der Waals surface area contributed by atoms with Crippen LogP contribution in [0, 0.1) is 0 Å². The van der Waals surface area contributed by atoms with Crippen LogP contribution in [-0.2, 0) is 0 Å². The van der Waals surface area contributed by atoms with Crippen LogP contribution in [0.4, 0.5) is 11.4 Å². The molecule has 0 bridgehead atoms. The molecule has 2 N–H and O–H groups in total. The van der Waals surface area contributed by atoms with Gasteiger partial charge >= 0.3 is 0 Å². The third-order valence-electron chi connectivity index (χ3n) is 3.19. The van der Waals surface area contributed by atoms with E-state index in [9.17, 15) is 0 Å². The van der Waals surface area contributed by atoms with E-state index in [1.54, 1.807) is 0 Å². The Morgan fingerprint density at radius 2 is 1.63 bits per heavy atom. The molecule has 1 rings (SSSR count). The summed E-state index contributed by atoms with van der Waals surface area (Å²) < 4.78 is 0. The van der Waals surface area contributed by atoms with E-state index in [-0.39, 0.29) is 0 Å². The summed E-state index contributed by atoms with van der Waals surface area (Å²) in [6, 6.07) is 2.13. The van der Waals surface area contributed by atoms with E-state index < -0.39 is 0 Å². The van der Waals surface area contributed by atoms with Crippen LogP contribution in [0.5, 0.6) is 0 Å². The third kappa shape index (κ3) is 6.43. The van der Waals surface area contributed by atoms with Gasteiger partial charge in [-0.15, -0.1) is 0 Å². The number of hydrogen-bond donors (Lipinski definition) is 2. The Hall–Kier alpha value is -1.29. The van der Waals surface area contributed by atoms with E-state index in [2.05, 4.69) is 47.4 Å². The van der Waals surface area contributed by atoms with Gasteiger partial charge in [0.15, 0.2) is 0 Å². The molecule has 0 fully saturated rings. The van der Waals surface area contributed by atoms with E-state index in [4.69, 9.17) is 0 Å². The molecule has 1 heterocycles. The fraction of sp³-hybridized carbons (Fsp3) is 0.667. The van der Waals surface area contributed by atoms with Crippen LogP contribution in [0.25, 0.3) is 0 Å². The highest BCUT2D eigenvalue weighted by Gasteiger charge is 1.99. The van der Waals surface area contributed by atoms with Crippen LogP contribution in [0.3, 0.4) is 0 Å². The number of aromatic nitrogens is 1. The second-order valence-electron chi connectivity index (χ2n) is 4.70. The van der Waals surface area contributed by atoms with E-state index in [0.717, 1.165) is 56.9 Å². The van der Waals surface area contributed by atoms with Gasteiger partial charge in [0.1, 0.15) is 0 Å². The van der Waals surface area contributed by atoms with E-state index in [1.807, 2.05) is 12.4 Å². The van der Waals surface area contributed by atoms with E-state index >= 15 is 0 Å². The predicted octanol–water partition coefficient (Wildman–Crippen LogP) is 3.05. The Balaban J connectivity index is 2.28. The minimum absolute atomic E-state index is 0.993. The SMILES string of the molecule is CCCNc1cncc(NCCCN(CC)CC)c1. The molecule has 4 heteroatoms. The first-order valence-corrected chi connectivity index (χ1v) is 7.45. The normalized spacial score (nSPS) is 10.7. The first kappa shape index (κ1) is 15.8. The van der Waals surface area contributed by atoms with Gasteiger partial charge in [-0.3, -0.25) is 4.98 Å². The maximum atomic E-state index is 4.25. The first-order valence-electron chi connectivity index (χ1n) is 7.45. The molecule has 1 aromatic heterocycles. The molecule has 19 heavy (non-hydrogen) atoms. The van der Waals surface area contributed by atoms with Gasteiger partial charge < -0.3 is 15.5 Å². The zero-order chi connectivity index (χ0) is 13.9. The summed E-state index contributed by atoms with van der Waals surface area (Å²) in [5.74, 6) is 0. The largest absolute Gasteiger partial charge is 0.384 e. The van der Waals surface area contributed by atoms with Crippen LogP contribution in [-0.4, -0.2) is 42.6 Å². The van der Waals surface area contributed by atoms with Crippen molar-refractivity contribution in [3.05, 3.63) is 18.5 Å². The average Bonchev–Trinajstić information content (AvgIpc) is 2.46. The molecule has 1 aromatic rings. The second-order valence-corrected chi connectivity index (χ2v) is 4.70. The van der Waals surface area contributed by atoms with Gasteiger partial charge in [-0.25, -0.2) is 0 Å². The molecule has 108 valence electrons. The van der Waals surface area contributed by atoms with Gasteiger partial charge in [0, 0.05) is 13.1 Å². The van der Waals surface area contributed by atoms with Gasteiger partial charge in [0.25, 0.3) is 0 Å². The third-order valence-corrected chi connectivity index (χ3v) is 3.19. The smallest absolute Gasteiger partial charge is 0.0547 e. The fourth-order valence-electron chi connectivity index (χ4n) is 1.98. The van der Waals surface area contributed by atoms with E-state index in [1.165, 1.54) is 0 Å². The number of rotatable bonds is 10. The zero-order valence-corrected chi connectivity index (χ0v) is 12.6. The molecule has 0 aliphatic heterocycles. The van der Waals surface area contributed by atoms with Gasteiger partial charge in [-0.1, -0.05) is 20.8 Å². The minimum Gasteiger partial charge on any atom is -0.384 e. The number of nitrogens with one attached hydrogen (secondary N) is 2. The molecule has 0 aliphatic rings. The summed E-state index contributed by atoms with van der Waals surface area (Å²) in [4.78, 5) is 6.69. The minimum atomic E-state index is 0.993. The predicted molar refractivity (Wildman–Crippen MR) is 83.9 cm³/mol. The van der Waals surface area contributed by atoms with Crippen molar-refractivity contribution < 1.29 is 0 Å². The molecule has 0 amide bonds. The lowest BCUT2D eigenvalue weighted by Gasteiger charge is -2.18. The topological polar surface area (TPSA) is 40.2 Å². The monoisotopic (exact) mass is 264 g/mol. The Labute approximate surface area is 117 Å². The summed E-state index contributed by atoms with van der Waals surface area (Å²) in [6.45, 7) is 12.0. The summed E-state index contributed by atoms with van der Waals surface area (Å²) in [7, 11) is 0. The van der Waals surface area contributed by atoms with Gasteiger partial charge in [-0.05, 0) is 38.5 Å². The van der Waals surface area contributed by atoms with Crippen molar-refractivity contribution in [2.45, 2.75) is 33.6 Å². The van der Waals surface area contributed by atoms with Crippen LogP contribution >= 0.6 is 0 Å². The number of pyridine rings is 1. The van der Waals surface area contributed by atoms with Gasteiger partial charge in [0.05, 0.1) is 23.8 Å². The molecule has 0 aliphatic carbocycles. The van der Waals surface area contributed by atoms with E-state index in [0.29, 0.717) is 0 Å². The maximum absolute atomic E-state index is 4.25. The highest BCUT2D eigenvalue weighted by atomic mass is 15.1. The molecular weight excluding hydrogens is 236 g/mol. The highest BCUT2D eigenvalue weighted by molar-refractivity contribution is 5.53. The molecule has 0 unspecified atom stereocenters. The Bertz CT molecular complexity index is 337. The molecule has 0 atom stereocenters. The Morgan fingerprint density at radius 3 is 2.21 bits per heavy atom. The van der Waals surface area contributed by atoms with Crippen LogP contribution < -0.4 is 10.6 Å². The molecule has 0 saturated heterocycles. The van der Waals surface area contributed by atoms with Crippen molar-refractivity contribution in [3.8, 4) is 0 Å². The lowest BCUT2D eigenvalue weighted by Crippen LogP contribution is -2.25. The Morgan fingerprint density at radius 1 is 1.00 bits per heavy atom. The summed E-state index contributed by atoms with van der Waals surface area (Å²) in [5.41, 5.74) is 2.19. The van der Waals surface area contributed by atoms with Crippen LogP contribution in [0.15, 0.2) is 18.5 Å². The summed E-state index contributed by atoms with van der Waals surface area (Å²) in [6.07, 6.45) is 6.04. The molecule has 0 saturated carbocycles. The first-order chi connectivity index (χ1) is 9.30. The molecule has 0 aromatic carbocycles. The van der Waals surface area contributed by atoms with Gasteiger partial charge in [0.2, 0.25) is 0 Å². The molecular formula is C15H28N4. The van der Waals surface area contributed by atoms with Crippen molar-refractivity contribution in [3.63, 3.8) is 0 Å². The number of nitrogens with zero attached hydrogens (tertiary/aromatic N) is 2. The fourth-order valence-corrected chi connectivity index (χ4v) is 1.98. The van der Waals surface area contributed by atoms with Crippen molar-refractivity contribution in [1.82, 2.24) is 9.88 Å². The molecule has 0 spiro atoms. The van der Waals surface area contributed by atoms with Crippen LogP contribution in [0.1, 0.15) is 33.6 Å². The quantitative estimate of drug-likeness (QED) is 0.637.